The van der Waals surface area contributed by atoms with Gasteiger partial charge in [-0.15, -0.1) is 5.10 Å². The van der Waals surface area contributed by atoms with Gasteiger partial charge in [0.25, 0.3) is 11.8 Å². The number of fused-ring (bicyclic) bond motifs is 3. The van der Waals surface area contributed by atoms with E-state index in [1.165, 1.54) is 19.6 Å². The van der Waals surface area contributed by atoms with Crippen LogP contribution in [0.3, 0.4) is 0 Å². The third-order valence-corrected chi connectivity index (χ3v) is 16.6. The lowest BCUT2D eigenvalue weighted by atomic mass is 10.1. The average molecular weight is 1270 g/mol. The molecule has 3 aromatic carbocycles. The summed E-state index contributed by atoms with van der Waals surface area (Å²) in [5.41, 5.74) is 18.3. The fourth-order valence-corrected chi connectivity index (χ4v) is 11.8. The lowest BCUT2D eigenvalue weighted by molar-refractivity contribution is 0.0991. The summed E-state index contributed by atoms with van der Waals surface area (Å²) in [4.78, 5) is 77.3. The summed E-state index contributed by atoms with van der Waals surface area (Å²) in [6, 6.07) is 17.4. The normalized spacial score (nSPS) is 13.1. The number of imidazole rings is 2. The maximum atomic E-state index is 14.1. The highest BCUT2D eigenvalue weighted by Crippen LogP contribution is 2.34. The van der Waals surface area contributed by atoms with Crippen LogP contribution in [0.15, 0.2) is 78.0 Å². The van der Waals surface area contributed by atoms with Crippen molar-refractivity contribution in [3.63, 3.8) is 0 Å². The second-order valence-corrected chi connectivity index (χ2v) is 23.6. The lowest BCUT2D eigenvalue weighted by Crippen LogP contribution is -2.46. The zero-order valence-corrected chi connectivity index (χ0v) is 53.2. The quantitative estimate of drug-likeness (QED) is 0.0118. The Kier molecular flexibility index (Phi) is 21.1. The van der Waals surface area contributed by atoms with Crippen molar-refractivity contribution < 1.29 is 28.7 Å². The Labute approximate surface area is 530 Å². The molecule has 10 rings (SSSR count). The minimum Gasteiger partial charge on any atom is -0.494 e. The van der Waals surface area contributed by atoms with Crippen molar-refractivity contribution in [3.8, 4) is 11.5 Å². The molecule has 26 nitrogen and oxygen atoms in total. The molecule has 7 N–H and O–H groups in total. The van der Waals surface area contributed by atoms with Crippen LogP contribution in [0.4, 0.5) is 17.7 Å². The number of carbonyl (C=O) groups is 4. The standard InChI is InChI=1S/C62H77ClN20O6S/c1-7-81-47(32-39(4)74-81)58(86)71-60-67-45-34-42(54(64)84)36-49(88-6)52(45)79(60)25-15-16-26-80-53-46(68-61(80)72-59(87)48-33-40(5)75-82(48)8-2)35-43(55(65)85)37-50(53)89-31-17-24-78-29-27-77(28-30-78)23-14-12-10-11-13-22-66-56-51-57(70-62(69-56)90-9-3)83(76-73-51)38-41-18-20-44(63)21-19-41/h15-16,18-21,32-37H,7-14,17,22-31,38H2,1-6H3,(H2,64,84)(H2,65,85)(H,66,69,70)(H,67,71,86)(H,68,72,87)/b16-15+. The number of hydrogen-bond acceptors (Lipinski definition) is 18. The van der Waals surface area contributed by atoms with E-state index in [0.29, 0.717) is 110 Å². The fourth-order valence-electron chi connectivity index (χ4n) is 11.1. The van der Waals surface area contributed by atoms with E-state index >= 15 is 0 Å². The number of aromatic nitrogens is 13. The van der Waals surface area contributed by atoms with E-state index < -0.39 is 23.6 Å². The van der Waals surface area contributed by atoms with Gasteiger partial charge in [-0.25, -0.2) is 24.6 Å². The third-order valence-electron chi connectivity index (χ3n) is 15.6. The number of unbranched alkanes of at least 4 members (excludes halogenated alkanes) is 4. The molecule has 0 atom stereocenters. The van der Waals surface area contributed by atoms with Crippen molar-refractivity contribution in [2.24, 2.45) is 11.5 Å². The van der Waals surface area contributed by atoms with Crippen LogP contribution in [-0.2, 0) is 32.7 Å². The summed E-state index contributed by atoms with van der Waals surface area (Å²) in [6.45, 7) is 18.2. The predicted molar refractivity (Wildman–Crippen MR) is 348 cm³/mol. The Morgan fingerprint density at radius 3 is 1.77 bits per heavy atom. The summed E-state index contributed by atoms with van der Waals surface area (Å²) in [5.74, 6) is 0.445. The first kappa shape index (κ1) is 64.1. The summed E-state index contributed by atoms with van der Waals surface area (Å²) >= 11 is 7.71. The van der Waals surface area contributed by atoms with Gasteiger partial charge < -0.3 is 45.2 Å². The van der Waals surface area contributed by atoms with Gasteiger partial charge in [-0.3, -0.25) is 39.2 Å². The number of aryl methyl sites for hydroxylation is 4. The van der Waals surface area contributed by atoms with Gasteiger partial charge in [0.05, 0.1) is 42.7 Å². The molecular formula is C62H77ClN20O6S. The van der Waals surface area contributed by atoms with Gasteiger partial charge >= 0.3 is 0 Å². The molecule has 7 heterocycles. The Balaban J connectivity index is 0.758. The number of primary amides is 2. The van der Waals surface area contributed by atoms with Crippen molar-refractivity contribution in [2.45, 2.75) is 111 Å². The number of ether oxygens (including phenoxy) is 2. The number of anilines is 3. The number of rotatable bonds is 31. The monoisotopic (exact) mass is 1260 g/mol. The van der Waals surface area contributed by atoms with E-state index in [-0.39, 0.29) is 36.1 Å². The Hall–Kier alpha value is -8.92. The first-order chi connectivity index (χ1) is 43.6. The summed E-state index contributed by atoms with van der Waals surface area (Å²) < 4.78 is 20.9. The maximum absolute atomic E-state index is 14.1. The van der Waals surface area contributed by atoms with Crippen molar-refractivity contribution in [1.82, 2.24) is 73.4 Å². The second kappa shape index (κ2) is 29.6. The number of hydrogen-bond donors (Lipinski definition) is 5. The van der Waals surface area contributed by atoms with Crippen molar-refractivity contribution in [2.75, 3.05) is 81.2 Å². The van der Waals surface area contributed by atoms with Gasteiger partial charge in [-0.1, -0.05) is 79.0 Å². The van der Waals surface area contributed by atoms with Crippen LogP contribution in [-0.4, -0.2) is 162 Å². The average Bonchev–Trinajstić information content (AvgIpc) is 1.63. The molecule has 1 fully saturated rings. The van der Waals surface area contributed by atoms with Crippen molar-refractivity contribution in [3.05, 3.63) is 117 Å². The zero-order chi connectivity index (χ0) is 63.4. The number of nitrogens with two attached hydrogens (primary N) is 2. The molecule has 28 heteroatoms. The molecule has 0 unspecified atom stereocenters. The minimum absolute atomic E-state index is 0.158. The number of allylic oxidation sites excluding steroid dienone is 2. The number of nitrogens with one attached hydrogen (secondary N) is 3. The van der Waals surface area contributed by atoms with Crippen LogP contribution in [0.25, 0.3) is 33.2 Å². The van der Waals surface area contributed by atoms with E-state index in [4.69, 9.17) is 52.5 Å². The highest BCUT2D eigenvalue weighted by Gasteiger charge is 2.25. The molecule has 0 bridgehead atoms. The van der Waals surface area contributed by atoms with Gasteiger partial charge in [-0.2, -0.15) is 10.2 Å². The van der Waals surface area contributed by atoms with Crippen LogP contribution in [0.5, 0.6) is 11.5 Å². The Morgan fingerprint density at radius 2 is 1.21 bits per heavy atom. The van der Waals surface area contributed by atoms with Crippen LogP contribution < -0.4 is 36.9 Å². The molecule has 4 amide bonds. The molecular weight excluding hydrogens is 1190 g/mol. The summed E-state index contributed by atoms with van der Waals surface area (Å²) in [5, 5.41) is 28.7. The van der Waals surface area contributed by atoms with Gasteiger partial charge in [0.15, 0.2) is 22.1 Å². The highest BCUT2D eigenvalue weighted by atomic mass is 35.5. The molecule has 6 aromatic heterocycles. The van der Waals surface area contributed by atoms with Gasteiger partial charge in [0, 0.05) is 81.6 Å². The number of carbonyl (C=O) groups excluding carboxylic acids is 4. The van der Waals surface area contributed by atoms with Crippen molar-refractivity contribution >= 4 is 97.9 Å². The third kappa shape index (κ3) is 15.2. The highest BCUT2D eigenvalue weighted by molar-refractivity contribution is 7.99. The molecule has 1 saturated heterocycles. The largest absolute Gasteiger partial charge is 0.494 e. The summed E-state index contributed by atoms with van der Waals surface area (Å²) in [6.07, 6.45) is 10.0. The lowest BCUT2D eigenvalue weighted by Gasteiger charge is -2.34. The molecule has 474 valence electrons. The zero-order valence-electron chi connectivity index (χ0n) is 51.7. The van der Waals surface area contributed by atoms with Gasteiger partial charge in [0.2, 0.25) is 23.7 Å². The fraction of sp³-hybridized carbons (Fsp3) is 0.419. The van der Waals surface area contributed by atoms with E-state index in [1.54, 1.807) is 56.0 Å². The smallest absolute Gasteiger partial charge is 0.276 e. The number of amides is 4. The minimum atomic E-state index is -0.670. The predicted octanol–water partition coefficient (Wildman–Crippen LogP) is 8.20. The van der Waals surface area contributed by atoms with Crippen LogP contribution in [0, 0.1) is 13.8 Å². The number of nitrogens with zero attached hydrogens (tertiary/aromatic N) is 15. The molecule has 1 aliphatic rings. The molecule has 0 saturated carbocycles. The van der Waals surface area contributed by atoms with Gasteiger partial charge in [0.1, 0.15) is 33.9 Å². The number of methoxy groups -OCH3 is 1. The topological polar surface area (TPSA) is 309 Å². The molecule has 0 spiro atoms. The number of thioether (sulfide) groups is 1. The van der Waals surface area contributed by atoms with Gasteiger partial charge in [-0.05, 0) is 113 Å². The molecule has 1 aliphatic heterocycles. The molecule has 0 radical (unpaired) electrons. The first-order valence-electron chi connectivity index (χ1n) is 30.5. The molecule has 90 heavy (non-hydrogen) atoms. The Bertz CT molecular complexity index is 4070. The van der Waals surface area contributed by atoms with Crippen LogP contribution in [0.1, 0.15) is 118 Å². The number of piperazine rings is 1. The van der Waals surface area contributed by atoms with E-state index in [2.05, 4.69) is 53.2 Å². The number of benzene rings is 3. The van der Waals surface area contributed by atoms with E-state index in [0.717, 1.165) is 88.6 Å². The second-order valence-electron chi connectivity index (χ2n) is 22.0. The van der Waals surface area contributed by atoms with Crippen molar-refractivity contribution in [1.29, 1.82) is 0 Å². The molecule has 9 aromatic rings. The molecule has 0 aliphatic carbocycles. The maximum Gasteiger partial charge on any atom is 0.276 e. The van der Waals surface area contributed by atoms with Crippen LogP contribution >= 0.6 is 23.4 Å². The number of halogens is 1. The Morgan fingerprint density at radius 1 is 0.667 bits per heavy atom. The van der Waals surface area contributed by atoms with Crippen LogP contribution in [0.2, 0.25) is 5.02 Å². The summed E-state index contributed by atoms with van der Waals surface area (Å²) in [7, 11) is 1.47. The SMILES string of the molecule is CCSc1nc(NCCCCCCCN2CCN(CCCOc3cc(C(N)=O)cc4nc(NC(=O)c5cc(C)nn5CC)n(C/C=C/Cn5c(NC(=O)c6cc(C)nn6CC)nc6cc(C(N)=O)cc(OC)c65)c34)CC2)c2nnn(Cc3ccc(Cl)cc3)c2n1. The first-order valence-corrected chi connectivity index (χ1v) is 31.9. The van der Waals surface area contributed by atoms with E-state index in [1.807, 2.05) is 73.4 Å². The van der Waals surface area contributed by atoms with E-state index in [9.17, 15) is 19.2 Å².